The monoisotopic (exact) mass is 452 g/mol. The van der Waals surface area contributed by atoms with E-state index in [2.05, 4.69) is 41.3 Å². The van der Waals surface area contributed by atoms with Crippen molar-refractivity contribution in [3.63, 3.8) is 0 Å². The van der Waals surface area contributed by atoms with Crippen LogP contribution < -0.4 is 20.1 Å². The number of anilines is 3. The Morgan fingerprint density at radius 2 is 2.00 bits per heavy atom. The van der Waals surface area contributed by atoms with Crippen LogP contribution in [0.15, 0.2) is 53.3 Å². The van der Waals surface area contributed by atoms with Gasteiger partial charge < -0.3 is 20.1 Å². The molecule has 3 aromatic rings. The fourth-order valence-corrected chi connectivity index (χ4v) is 3.08. The van der Waals surface area contributed by atoms with Crippen LogP contribution in [-0.4, -0.2) is 16.3 Å². The highest BCUT2D eigenvalue weighted by molar-refractivity contribution is 9.10. The number of hydrogen-bond acceptors (Lipinski definition) is 6. The lowest BCUT2D eigenvalue weighted by molar-refractivity contribution is -0.274. The lowest BCUT2D eigenvalue weighted by Crippen LogP contribution is -2.17. The van der Waals surface area contributed by atoms with Crippen LogP contribution in [0.4, 0.5) is 30.4 Å². The Labute approximate surface area is 165 Å². The zero-order valence-corrected chi connectivity index (χ0v) is 15.6. The number of benzene rings is 2. The number of alkyl halides is 3. The molecule has 0 aliphatic carbocycles. The maximum atomic E-state index is 12.5. The second kappa shape index (κ2) is 7.19. The van der Waals surface area contributed by atoms with E-state index in [-0.39, 0.29) is 18.2 Å². The number of nitrogens with one attached hydrogen (secondary N) is 2. The normalized spacial score (nSPS) is 12.7. The van der Waals surface area contributed by atoms with E-state index < -0.39 is 6.36 Å². The number of fused-ring (bicyclic) bond motifs is 2. The third kappa shape index (κ3) is 4.11. The van der Waals surface area contributed by atoms with E-state index in [1.807, 2.05) is 24.3 Å². The highest BCUT2D eigenvalue weighted by atomic mass is 79.9. The highest BCUT2D eigenvalue weighted by Gasteiger charge is 2.31. The van der Waals surface area contributed by atoms with Crippen molar-refractivity contribution in [1.29, 1.82) is 0 Å². The molecule has 6 nitrogen and oxygen atoms in total. The molecule has 0 radical (unpaired) electrons. The maximum absolute atomic E-state index is 12.5. The van der Waals surface area contributed by atoms with Crippen LogP contribution in [0.1, 0.15) is 5.56 Å². The first-order valence-corrected chi connectivity index (χ1v) is 8.85. The van der Waals surface area contributed by atoms with E-state index >= 15 is 0 Å². The zero-order valence-electron chi connectivity index (χ0n) is 14.0. The Balaban J connectivity index is 1.62. The summed E-state index contributed by atoms with van der Waals surface area (Å²) in [5, 5.41) is 6.29. The molecule has 0 fully saturated rings. The molecule has 0 atom stereocenters. The minimum absolute atomic E-state index is 0.206. The molecule has 2 N–H and O–H groups in total. The largest absolute Gasteiger partial charge is 0.573 e. The van der Waals surface area contributed by atoms with Crippen molar-refractivity contribution in [2.45, 2.75) is 12.9 Å². The number of aromatic nitrogens is 2. The van der Waals surface area contributed by atoms with E-state index in [0.29, 0.717) is 22.8 Å². The molecule has 10 heteroatoms. The van der Waals surface area contributed by atoms with Crippen LogP contribution >= 0.6 is 15.9 Å². The Hall–Kier alpha value is -3.01. The quantitative estimate of drug-likeness (QED) is 0.539. The molecule has 0 amide bonds. The minimum atomic E-state index is -4.76. The molecule has 1 aromatic heterocycles. The smallest absolute Gasteiger partial charge is 0.437 e. The van der Waals surface area contributed by atoms with Gasteiger partial charge in [0.05, 0.1) is 0 Å². The van der Waals surface area contributed by atoms with Gasteiger partial charge in [-0.3, -0.25) is 0 Å². The van der Waals surface area contributed by atoms with Crippen molar-refractivity contribution in [1.82, 2.24) is 9.97 Å². The van der Waals surface area contributed by atoms with Crippen LogP contribution in [0.3, 0.4) is 0 Å². The van der Waals surface area contributed by atoms with E-state index in [0.717, 1.165) is 10.2 Å². The first-order valence-electron chi connectivity index (χ1n) is 8.05. The maximum Gasteiger partial charge on any atom is 0.573 e. The first-order chi connectivity index (χ1) is 13.4. The van der Waals surface area contributed by atoms with Crippen LogP contribution in [0.25, 0.3) is 0 Å². The van der Waals surface area contributed by atoms with Crippen molar-refractivity contribution in [2.75, 3.05) is 10.6 Å². The van der Waals surface area contributed by atoms with E-state index in [4.69, 9.17) is 4.74 Å². The van der Waals surface area contributed by atoms with E-state index in [9.17, 15) is 13.2 Å². The molecule has 4 rings (SSSR count). The third-order valence-electron chi connectivity index (χ3n) is 3.83. The Bertz CT molecular complexity index is 1030. The van der Waals surface area contributed by atoms with Crippen molar-refractivity contribution in [2.24, 2.45) is 0 Å². The van der Waals surface area contributed by atoms with Gasteiger partial charge in [0.1, 0.15) is 23.5 Å². The van der Waals surface area contributed by atoms with Crippen molar-refractivity contribution in [3.05, 3.63) is 58.8 Å². The minimum Gasteiger partial charge on any atom is -0.437 e. The van der Waals surface area contributed by atoms with Crippen molar-refractivity contribution < 1.29 is 22.6 Å². The van der Waals surface area contributed by atoms with Gasteiger partial charge in [0, 0.05) is 22.3 Å². The fraction of sp³-hybridized carbons (Fsp3) is 0.111. The van der Waals surface area contributed by atoms with Gasteiger partial charge in [0.2, 0.25) is 5.88 Å². The van der Waals surface area contributed by atoms with E-state index in [1.165, 1.54) is 24.5 Å². The summed E-state index contributed by atoms with van der Waals surface area (Å²) in [6.45, 7) is 0.206. The summed E-state index contributed by atoms with van der Waals surface area (Å²) in [6, 6.07) is 11.4. The summed E-state index contributed by atoms with van der Waals surface area (Å²) < 4.78 is 48.0. The predicted octanol–water partition coefficient (Wildman–Crippen LogP) is 5.60. The van der Waals surface area contributed by atoms with Crippen LogP contribution in [-0.2, 0) is 6.54 Å². The molecule has 2 aromatic carbocycles. The van der Waals surface area contributed by atoms with Crippen molar-refractivity contribution in [3.8, 4) is 17.4 Å². The number of ether oxygens (including phenoxy) is 2. The summed E-state index contributed by atoms with van der Waals surface area (Å²) in [6.07, 6.45) is -3.42. The lowest BCUT2D eigenvalue weighted by Gasteiger charge is -2.13. The third-order valence-corrected chi connectivity index (χ3v) is 4.32. The molecule has 2 heterocycles. The van der Waals surface area contributed by atoms with Crippen molar-refractivity contribution >= 4 is 33.1 Å². The summed E-state index contributed by atoms with van der Waals surface area (Å²) in [5.74, 6) is 0.799. The van der Waals surface area contributed by atoms with E-state index in [1.54, 1.807) is 0 Å². The van der Waals surface area contributed by atoms with Gasteiger partial charge in [-0.2, -0.15) is 4.98 Å². The highest BCUT2D eigenvalue weighted by Crippen LogP contribution is 2.39. The van der Waals surface area contributed by atoms with Gasteiger partial charge in [-0.15, -0.1) is 13.2 Å². The van der Waals surface area contributed by atoms with Gasteiger partial charge in [-0.25, -0.2) is 4.98 Å². The Morgan fingerprint density at radius 1 is 1.14 bits per heavy atom. The molecule has 0 bridgehead atoms. The molecule has 144 valence electrons. The SMILES string of the molecule is FC(F)(F)Oc1ccc2c(c1)CNc1c(Nc3cccc(Br)c3)ncnc1O2. The zero-order chi connectivity index (χ0) is 19.7. The van der Waals surface area contributed by atoms with Gasteiger partial charge >= 0.3 is 6.36 Å². The van der Waals surface area contributed by atoms with Gasteiger partial charge in [0.25, 0.3) is 0 Å². The van der Waals surface area contributed by atoms with Crippen LogP contribution in [0, 0.1) is 0 Å². The van der Waals surface area contributed by atoms with Crippen LogP contribution in [0.5, 0.6) is 17.4 Å². The molecular formula is C18H12BrF3N4O2. The standard InChI is InChI=1S/C18H12BrF3N4O2/c19-11-2-1-3-12(7-11)26-16-15-17(25-9-24-16)27-14-5-4-13(28-18(20,21)22)6-10(14)8-23-15/h1-7,9,23H,8H2,(H,24,25,26). The first kappa shape index (κ1) is 18.4. The number of rotatable bonds is 3. The fourth-order valence-electron chi connectivity index (χ4n) is 2.68. The molecule has 1 aliphatic heterocycles. The molecule has 0 unspecified atom stereocenters. The number of hydrogen-bond donors (Lipinski definition) is 2. The summed E-state index contributed by atoms with van der Waals surface area (Å²) in [5.41, 5.74) is 1.78. The molecule has 0 saturated carbocycles. The summed E-state index contributed by atoms with van der Waals surface area (Å²) >= 11 is 3.40. The van der Waals surface area contributed by atoms with Gasteiger partial charge in [-0.1, -0.05) is 22.0 Å². The molecule has 1 aliphatic rings. The molecule has 28 heavy (non-hydrogen) atoms. The predicted molar refractivity (Wildman–Crippen MR) is 100.0 cm³/mol. The molecular weight excluding hydrogens is 441 g/mol. The number of nitrogens with zero attached hydrogens (tertiary/aromatic N) is 2. The van der Waals surface area contributed by atoms with Crippen LogP contribution in [0.2, 0.25) is 0 Å². The molecule has 0 saturated heterocycles. The second-order valence-corrected chi connectivity index (χ2v) is 6.73. The average Bonchev–Trinajstić information content (AvgIpc) is 2.80. The second-order valence-electron chi connectivity index (χ2n) is 5.81. The Kier molecular flexibility index (Phi) is 4.71. The average molecular weight is 453 g/mol. The lowest BCUT2D eigenvalue weighted by atomic mass is 10.2. The summed E-state index contributed by atoms with van der Waals surface area (Å²) in [7, 11) is 0. The van der Waals surface area contributed by atoms with Gasteiger partial charge in [0.15, 0.2) is 5.82 Å². The molecule has 0 spiro atoms. The topological polar surface area (TPSA) is 68.3 Å². The van der Waals surface area contributed by atoms with Gasteiger partial charge in [-0.05, 0) is 36.4 Å². The summed E-state index contributed by atoms with van der Waals surface area (Å²) in [4.78, 5) is 8.36. The number of halogens is 4. The Morgan fingerprint density at radius 3 is 2.79 bits per heavy atom.